The second-order valence-corrected chi connectivity index (χ2v) is 4.89. The molecular formula is C15H20N2O4. The lowest BCUT2D eigenvalue weighted by Crippen LogP contribution is -2.50. The predicted octanol–water partition coefficient (Wildman–Crippen LogP) is 2.25. The van der Waals surface area contributed by atoms with Crippen molar-refractivity contribution in [2.24, 2.45) is 0 Å². The van der Waals surface area contributed by atoms with Gasteiger partial charge in [-0.1, -0.05) is 0 Å². The molecule has 6 heteroatoms. The molecule has 21 heavy (non-hydrogen) atoms. The van der Waals surface area contributed by atoms with E-state index in [1.165, 1.54) is 7.11 Å². The Labute approximate surface area is 124 Å². The van der Waals surface area contributed by atoms with Crippen LogP contribution in [0.25, 0.3) is 0 Å². The fraction of sp³-hybridized carbons (Fsp3) is 0.467. The summed E-state index contributed by atoms with van der Waals surface area (Å²) in [4.78, 5) is 25.6. The van der Waals surface area contributed by atoms with Gasteiger partial charge in [0.15, 0.2) is 0 Å². The van der Waals surface area contributed by atoms with Gasteiger partial charge in [-0.25, -0.2) is 9.59 Å². The maximum Gasteiger partial charge on any atom is 0.328 e. The number of rotatable bonds is 3. The van der Waals surface area contributed by atoms with Gasteiger partial charge >= 0.3 is 12.0 Å². The molecule has 1 aliphatic heterocycles. The van der Waals surface area contributed by atoms with Crippen molar-refractivity contribution in [2.45, 2.75) is 25.3 Å². The van der Waals surface area contributed by atoms with Crippen molar-refractivity contribution in [1.82, 2.24) is 4.90 Å². The first-order chi connectivity index (χ1) is 10.2. The topological polar surface area (TPSA) is 67.9 Å². The second-order valence-electron chi connectivity index (χ2n) is 4.89. The van der Waals surface area contributed by atoms with Gasteiger partial charge in [0.25, 0.3) is 0 Å². The number of piperidine rings is 1. The molecule has 1 heterocycles. The Morgan fingerprint density at radius 2 is 1.90 bits per heavy atom. The molecule has 1 aliphatic rings. The molecule has 1 saturated heterocycles. The van der Waals surface area contributed by atoms with Crippen LogP contribution < -0.4 is 10.1 Å². The third-order valence-electron chi connectivity index (χ3n) is 3.58. The van der Waals surface area contributed by atoms with E-state index in [0.29, 0.717) is 18.7 Å². The Morgan fingerprint density at radius 1 is 1.19 bits per heavy atom. The molecule has 0 spiro atoms. The van der Waals surface area contributed by atoms with Crippen LogP contribution in [0.1, 0.15) is 19.3 Å². The van der Waals surface area contributed by atoms with Gasteiger partial charge in [0.2, 0.25) is 0 Å². The summed E-state index contributed by atoms with van der Waals surface area (Å²) in [5.41, 5.74) is 0.662. The lowest BCUT2D eigenvalue weighted by molar-refractivity contribution is -0.146. The highest BCUT2D eigenvalue weighted by molar-refractivity contribution is 5.92. The Kier molecular flexibility index (Phi) is 5.03. The quantitative estimate of drug-likeness (QED) is 0.868. The first kappa shape index (κ1) is 15.2. The van der Waals surface area contributed by atoms with Crippen molar-refractivity contribution in [1.29, 1.82) is 0 Å². The van der Waals surface area contributed by atoms with Gasteiger partial charge in [0, 0.05) is 12.2 Å². The molecule has 1 aromatic rings. The minimum absolute atomic E-state index is 0.282. The third-order valence-corrected chi connectivity index (χ3v) is 3.58. The smallest absolute Gasteiger partial charge is 0.328 e. The maximum absolute atomic E-state index is 12.3. The number of carbonyl (C=O) groups excluding carboxylic acids is 2. The molecule has 2 amide bonds. The number of likely N-dealkylation sites (tertiary alicyclic amines) is 1. The van der Waals surface area contributed by atoms with Crippen molar-refractivity contribution in [3.8, 4) is 5.75 Å². The van der Waals surface area contributed by atoms with Crippen LogP contribution in [-0.2, 0) is 9.53 Å². The van der Waals surface area contributed by atoms with E-state index >= 15 is 0 Å². The standard InChI is InChI=1S/C15H20N2O4/c1-20-12-8-6-11(7-9-12)16-15(19)17-10-4-3-5-13(17)14(18)21-2/h6-9,13H,3-5,10H2,1-2H3,(H,16,19)/t13-/m1/s1. The summed E-state index contributed by atoms with van der Waals surface area (Å²) in [5.74, 6) is 0.359. The average molecular weight is 292 g/mol. The summed E-state index contributed by atoms with van der Waals surface area (Å²) in [5, 5.41) is 2.80. The highest BCUT2D eigenvalue weighted by Crippen LogP contribution is 2.20. The second kappa shape index (κ2) is 6.97. The number of nitrogens with zero attached hydrogens (tertiary/aromatic N) is 1. The van der Waals surface area contributed by atoms with Crippen LogP contribution in [0.3, 0.4) is 0 Å². The molecule has 114 valence electrons. The zero-order valence-corrected chi connectivity index (χ0v) is 12.3. The monoisotopic (exact) mass is 292 g/mol. The number of anilines is 1. The van der Waals surface area contributed by atoms with Crippen molar-refractivity contribution in [2.75, 3.05) is 26.1 Å². The zero-order chi connectivity index (χ0) is 15.2. The number of hydrogen-bond donors (Lipinski definition) is 1. The molecular weight excluding hydrogens is 272 g/mol. The number of carbonyl (C=O) groups is 2. The Hall–Kier alpha value is -2.24. The first-order valence-corrected chi connectivity index (χ1v) is 6.95. The van der Waals surface area contributed by atoms with Crippen LogP contribution in [0, 0.1) is 0 Å². The first-order valence-electron chi connectivity index (χ1n) is 6.95. The van der Waals surface area contributed by atoms with E-state index in [0.717, 1.165) is 18.6 Å². The molecule has 1 atom stereocenters. The van der Waals surface area contributed by atoms with Crippen LogP contribution >= 0.6 is 0 Å². The highest BCUT2D eigenvalue weighted by Gasteiger charge is 2.32. The summed E-state index contributed by atoms with van der Waals surface area (Å²) in [7, 11) is 2.93. The van der Waals surface area contributed by atoms with Gasteiger partial charge in [-0.2, -0.15) is 0 Å². The SMILES string of the molecule is COC(=O)[C@H]1CCCCN1C(=O)Nc1ccc(OC)cc1. The predicted molar refractivity (Wildman–Crippen MR) is 78.4 cm³/mol. The Bertz CT molecular complexity index is 501. The number of nitrogens with one attached hydrogen (secondary N) is 1. The van der Waals surface area contributed by atoms with Crippen molar-refractivity contribution in [3.63, 3.8) is 0 Å². The molecule has 1 fully saturated rings. The van der Waals surface area contributed by atoms with Gasteiger partial charge in [-0.05, 0) is 43.5 Å². The summed E-state index contributed by atoms with van der Waals surface area (Å²) in [6.45, 7) is 0.557. The lowest BCUT2D eigenvalue weighted by atomic mass is 10.0. The van der Waals surface area contributed by atoms with E-state index in [2.05, 4.69) is 5.32 Å². The van der Waals surface area contributed by atoms with E-state index in [9.17, 15) is 9.59 Å². The van der Waals surface area contributed by atoms with Crippen molar-refractivity contribution < 1.29 is 19.1 Å². The summed E-state index contributed by atoms with van der Waals surface area (Å²) >= 11 is 0. The van der Waals surface area contributed by atoms with E-state index in [4.69, 9.17) is 9.47 Å². The number of ether oxygens (including phenoxy) is 2. The van der Waals surface area contributed by atoms with Crippen LogP contribution in [0.4, 0.5) is 10.5 Å². The van der Waals surface area contributed by atoms with Gasteiger partial charge < -0.3 is 19.7 Å². The van der Waals surface area contributed by atoms with Crippen molar-refractivity contribution >= 4 is 17.7 Å². The van der Waals surface area contributed by atoms with Crippen molar-refractivity contribution in [3.05, 3.63) is 24.3 Å². The van der Waals surface area contributed by atoms with Gasteiger partial charge in [0.1, 0.15) is 11.8 Å². The van der Waals surface area contributed by atoms with E-state index in [1.807, 2.05) is 0 Å². The maximum atomic E-state index is 12.3. The molecule has 0 aromatic heterocycles. The number of urea groups is 1. The number of amides is 2. The van der Waals surface area contributed by atoms with E-state index in [-0.39, 0.29) is 12.0 Å². The molecule has 6 nitrogen and oxygen atoms in total. The zero-order valence-electron chi connectivity index (χ0n) is 12.3. The largest absolute Gasteiger partial charge is 0.497 e. The summed E-state index contributed by atoms with van der Waals surface area (Å²) < 4.78 is 9.84. The van der Waals surface area contributed by atoms with Crippen LogP contribution in [0.15, 0.2) is 24.3 Å². The van der Waals surface area contributed by atoms with E-state index < -0.39 is 6.04 Å². The third kappa shape index (κ3) is 3.65. The average Bonchev–Trinajstić information content (AvgIpc) is 2.54. The van der Waals surface area contributed by atoms with Gasteiger partial charge in [-0.15, -0.1) is 0 Å². The number of benzene rings is 1. The van der Waals surface area contributed by atoms with Crippen LogP contribution in [0.2, 0.25) is 0 Å². The normalized spacial score (nSPS) is 18.0. The molecule has 0 bridgehead atoms. The highest BCUT2D eigenvalue weighted by atomic mass is 16.5. The fourth-order valence-electron chi connectivity index (χ4n) is 2.43. The minimum Gasteiger partial charge on any atom is -0.497 e. The molecule has 0 aliphatic carbocycles. The Morgan fingerprint density at radius 3 is 2.52 bits per heavy atom. The molecule has 0 unspecified atom stereocenters. The lowest BCUT2D eigenvalue weighted by Gasteiger charge is -2.33. The molecule has 0 radical (unpaired) electrons. The number of hydrogen-bond acceptors (Lipinski definition) is 4. The van der Waals surface area contributed by atoms with Gasteiger partial charge in [0.05, 0.1) is 14.2 Å². The van der Waals surface area contributed by atoms with Gasteiger partial charge in [-0.3, -0.25) is 0 Å². The van der Waals surface area contributed by atoms with E-state index in [1.54, 1.807) is 36.3 Å². The van der Waals surface area contributed by atoms with Crippen LogP contribution in [0.5, 0.6) is 5.75 Å². The minimum atomic E-state index is -0.498. The molecule has 2 rings (SSSR count). The Balaban J connectivity index is 2.04. The van der Waals surface area contributed by atoms with Crippen LogP contribution in [-0.4, -0.2) is 43.7 Å². The number of methoxy groups -OCH3 is 2. The fourth-order valence-corrected chi connectivity index (χ4v) is 2.43. The number of esters is 1. The summed E-state index contributed by atoms with van der Waals surface area (Å²) in [6.07, 6.45) is 2.46. The summed E-state index contributed by atoms with van der Waals surface area (Å²) in [6, 6.07) is 6.27. The molecule has 1 aromatic carbocycles. The molecule has 1 N–H and O–H groups in total. The molecule has 0 saturated carbocycles.